The average Bonchev–Trinajstić information content (AvgIpc) is 1.71. The van der Waals surface area contributed by atoms with Crippen molar-refractivity contribution in [2.45, 2.75) is 149 Å². The van der Waals surface area contributed by atoms with Crippen molar-refractivity contribution in [2.24, 2.45) is 23.1 Å². The number of fused-ring (bicyclic) bond motifs is 1. The Bertz CT molecular complexity index is 4310. The van der Waals surface area contributed by atoms with Crippen LogP contribution in [-0.2, 0) is 96.0 Å². The first-order valence-electron chi connectivity index (χ1n) is 39.5. The first kappa shape index (κ1) is 100.0. The summed E-state index contributed by atoms with van der Waals surface area (Å²) >= 11 is 12.9. The second-order valence-electron chi connectivity index (χ2n) is 29.7. The van der Waals surface area contributed by atoms with E-state index in [9.17, 15) is 82.8 Å². The van der Waals surface area contributed by atoms with E-state index in [1.54, 1.807) is 84.4 Å². The summed E-state index contributed by atoms with van der Waals surface area (Å²) in [5.74, 6) is -17.7. The number of carboxylic acids is 4. The van der Waals surface area contributed by atoms with Crippen LogP contribution in [0.15, 0.2) is 73.3 Å². The van der Waals surface area contributed by atoms with E-state index in [0.29, 0.717) is 28.5 Å². The van der Waals surface area contributed by atoms with Gasteiger partial charge in [0, 0.05) is 127 Å². The second-order valence-corrected chi connectivity index (χ2v) is 31.2. The normalized spacial score (nSPS) is 16.8. The molecule has 0 saturated carbocycles. The molecular weight excluding hydrogens is 1670 g/mol. The summed E-state index contributed by atoms with van der Waals surface area (Å²) in [6.07, 6.45) is 2.18. The number of carbonyl (C=O) groups excluding carboxylic acids is 12. The van der Waals surface area contributed by atoms with Crippen LogP contribution in [0.4, 0.5) is 0 Å². The van der Waals surface area contributed by atoms with Gasteiger partial charge in [-0.2, -0.15) is 0 Å². The van der Waals surface area contributed by atoms with Gasteiger partial charge in [0.1, 0.15) is 48.3 Å². The number of guanidine groups is 2. The number of thiol groups is 3. The van der Waals surface area contributed by atoms with Crippen LogP contribution < -0.4 is 81.0 Å². The zero-order valence-electron chi connectivity index (χ0n) is 67.8. The first-order valence-corrected chi connectivity index (χ1v) is 41.0. The number of aromatic amines is 2. The molecule has 4 aromatic rings. The molecule has 10 unspecified atom stereocenters. The Morgan fingerprint density at radius 1 is 0.488 bits per heavy atom. The number of para-hydroxylation sites is 1. The summed E-state index contributed by atoms with van der Waals surface area (Å²) in [6, 6.07) is 3.32. The minimum Gasteiger partial charge on any atom is -0.481 e. The van der Waals surface area contributed by atoms with Crippen LogP contribution in [0.5, 0.6) is 0 Å². The van der Waals surface area contributed by atoms with Crippen molar-refractivity contribution < 1.29 is 97.1 Å². The summed E-state index contributed by atoms with van der Waals surface area (Å²) < 4.78 is 0. The van der Waals surface area contributed by atoms with Crippen LogP contribution >= 0.6 is 37.9 Å². The molecule has 2 fully saturated rings. The number of nitrogens with two attached hydrogens (primary N) is 3. The standard InChI is InChI=1S/C75H111N25O20S3/c1-41(2)59(60(76)110)93-66(116)53-17-10-22-100(53)73(120)49(16-9-21-83-75(79)80)88-68(118)71(122)94-65(115)51(32-43-34-84-46-14-7-6-13-45(43)46)90-61(111)47(15-8-20-82-74(77)78)86-63(113)50(31-42-11-4-3-5-12-42)89-64(114)52(33-44-35-81-40-85-44)91-62(112)48(18-19-55(102)103)87-67(117)72(123)95-69(119)70(121)92-54(101)36-96-23-25-97(37-56(104)105)27-29-99(39-58(108)109)30-28-98(26-24-96)38-57(106)107/h3-7,11-14,34-35,40-41,47-53,59,70-72,84,121-123H,8-10,15-33,36-39H2,1-2H3,(H2,76,110)(H,81,85)(H,86,113)(H,87,117)(H,88,118)(H,89,114)(H,90,111)(H,91,112)(H,92,101)(H,93,116)(H,94,115)(H,95,119)(H,102,103)(H,104,105)(H,106,107)(H,108,109)(H4,77,78,82)(H4,79,80,83)/t47?,48?,49?,50-,51?,52?,53?,59?,70?,71?,72?/m0/s1. The number of nitrogens with zero attached hydrogens (tertiary/aromatic N) is 6. The minimum absolute atomic E-state index is 0.0131. The highest BCUT2D eigenvalue weighted by molar-refractivity contribution is 7.82. The number of rotatable bonds is 47. The molecule has 2 aromatic heterocycles. The van der Waals surface area contributed by atoms with Crippen molar-refractivity contribution in [3.63, 3.8) is 0 Å². The van der Waals surface area contributed by atoms with Gasteiger partial charge in [0.25, 0.3) is 17.7 Å². The number of carboxylic acid groups (broad SMARTS) is 4. The van der Waals surface area contributed by atoms with E-state index in [2.05, 4.69) is 117 Å². The largest absolute Gasteiger partial charge is 0.481 e. The van der Waals surface area contributed by atoms with Gasteiger partial charge in [-0.1, -0.05) is 62.4 Å². The van der Waals surface area contributed by atoms with Gasteiger partial charge in [-0.05, 0) is 68.1 Å². The maximum Gasteiger partial charge on any atom is 0.317 e. The van der Waals surface area contributed by atoms with Crippen LogP contribution in [0.2, 0.25) is 0 Å². The third-order valence-electron chi connectivity index (χ3n) is 19.8. The summed E-state index contributed by atoms with van der Waals surface area (Å²) in [7, 11) is 0. The zero-order chi connectivity index (χ0) is 90.6. The van der Waals surface area contributed by atoms with Crippen LogP contribution in [0.25, 0.3) is 10.9 Å². The first-order chi connectivity index (χ1) is 58.3. The summed E-state index contributed by atoms with van der Waals surface area (Å²) in [6.45, 7) is 2.41. The highest BCUT2D eigenvalue weighted by Crippen LogP contribution is 2.23. The zero-order valence-corrected chi connectivity index (χ0v) is 70.5. The van der Waals surface area contributed by atoms with E-state index < -0.39 is 210 Å². The number of amides is 12. The monoisotopic (exact) mass is 1780 g/mol. The van der Waals surface area contributed by atoms with Crippen LogP contribution in [0.1, 0.15) is 82.0 Å². The van der Waals surface area contributed by atoms with Crippen molar-refractivity contribution in [3.05, 3.63) is 90.1 Å². The third kappa shape index (κ3) is 34.9. The maximum absolute atomic E-state index is 15.2. The molecule has 123 heavy (non-hydrogen) atoms. The number of primary amides is 1. The average molecular weight is 1780 g/mol. The smallest absolute Gasteiger partial charge is 0.317 e. The number of hydrogen-bond donors (Lipinski definition) is 26. The van der Waals surface area contributed by atoms with Gasteiger partial charge >= 0.3 is 23.9 Å². The number of H-pyrrole nitrogens is 2. The molecule has 2 saturated heterocycles. The van der Waals surface area contributed by atoms with Gasteiger partial charge < -0.3 is 116 Å². The molecule has 0 radical (unpaired) electrons. The fourth-order valence-electron chi connectivity index (χ4n) is 13.5. The van der Waals surface area contributed by atoms with Crippen molar-refractivity contribution in [2.75, 3.05) is 98.2 Å². The Hall–Kier alpha value is -11.9. The molecule has 2 aromatic carbocycles. The fraction of sp³-hybridized carbons (Fsp3) is 0.533. The van der Waals surface area contributed by atoms with Crippen LogP contribution in [-0.4, -0.2) is 329 Å². The molecule has 6 rings (SSSR count). The predicted octanol–water partition coefficient (Wildman–Crippen LogP) is -6.57. The minimum atomic E-state index is -1.85. The van der Waals surface area contributed by atoms with Crippen molar-refractivity contribution in [1.82, 2.24) is 103 Å². The molecule has 2 aliphatic heterocycles. The van der Waals surface area contributed by atoms with Gasteiger partial charge in [-0.25, -0.2) is 4.98 Å². The molecule has 674 valence electrons. The van der Waals surface area contributed by atoms with Crippen molar-refractivity contribution in [1.29, 1.82) is 10.8 Å². The molecule has 45 nitrogen and oxygen atoms in total. The molecular formula is C75H111N25O20S3. The van der Waals surface area contributed by atoms with E-state index in [-0.39, 0.29) is 135 Å². The molecule has 0 aliphatic carbocycles. The number of hydrogen-bond acceptors (Lipinski definition) is 26. The maximum atomic E-state index is 15.2. The molecule has 12 amide bonds. The molecule has 11 atom stereocenters. The number of likely N-dealkylation sites (tertiary alicyclic amines) is 1. The van der Waals surface area contributed by atoms with Gasteiger partial charge in [-0.15, -0.1) is 37.9 Å². The summed E-state index contributed by atoms with van der Waals surface area (Å²) in [5, 5.41) is 79.9. The Kier molecular flexibility index (Phi) is 41.1. The lowest BCUT2D eigenvalue weighted by Crippen LogP contribution is -2.61. The quantitative estimate of drug-likeness (QED) is 0.00643. The van der Waals surface area contributed by atoms with Gasteiger partial charge in [0.05, 0.1) is 32.5 Å². The third-order valence-corrected chi connectivity index (χ3v) is 20.9. The van der Waals surface area contributed by atoms with E-state index in [1.165, 1.54) is 27.2 Å². The predicted molar refractivity (Wildman–Crippen MR) is 453 cm³/mol. The van der Waals surface area contributed by atoms with E-state index in [0.717, 1.165) is 0 Å². The van der Waals surface area contributed by atoms with Gasteiger partial charge in [0.15, 0.2) is 28.0 Å². The Labute approximate surface area is 723 Å². The lowest BCUT2D eigenvalue weighted by molar-refractivity contribution is -0.142. The van der Waals surface area contributed by atoms with Crippen molar-refractivity contribution >= 4 is 155 Å². The lowest BCUT2D eigenvalue weighted by Gasteiger charge is -2.33. The number of nitrogens with one attached hydrogen (secondary N) is 16. The van der Waals surface area contributed by atoms with Gasteiger partial charge in [-0.3, -0.25) is 107 Å². The van der Waals surface area contributed by atoms with Crippen molar-refractivity contribution in [3.8, 4) is 0 Å². The molecule has 0 spiro atoms. The molecule has 4 heterocycles. The van der Waals surface area contributed by atoms with E-state index in [4.69, 9.17) is 28.0 Å². The summed E-state index contributed by atoms with van der Waals surface area (Å²) in [5.41, 5.74) is 18.5. The SMILES string of the molecule is CC(C)C(NC(=O)C1CCCN1C(=O)C(CCCNC(=N)N)NC(=O)C(S)NC(=O)C(Cc1c[nH]c2ccccc12)NC(=O)C(CCCNC(=N)N)NC(=O)[C@H](Cc1ccccc1)NC(=O)C(Cc1cnc[nH]1)NC(=O)C(CCC(=O)O)NC(=O)C(S)NC(=O)C(S)NC(=O)CN1CCN(CC(=O)O)CCN(CC(=O)O)CCN(CC(=O)O)CC1)C(N)=O. The Morgan fingerprint density at radius 2 is 0.919 bits per heavy atom. The van der Waals surface area contributed by atoms with E-state index >= 15 is 14.4 Å². The topological polar surface area (TPSA) is 685 Å². The Morgan fingerprint density at radius 3 is 1.41 bits per heavy atom. The molecule has 0 bridgehead atoms. The number of carbonyl (C=O) groups is 16. The molecule has 48 heteroatoms. The second kappa shape index (κ2) is 50.5. The Balaban J connectivity index is 1.21. The molecule has 26 N–H and O–H groups in total. The number of aromatic nitrogens is 3. The number of imidazole rings is 1. The lowest BCUT2D eigenvalue weighted by atomic mass is 10.0. The summed E-state index contributed by atoms with van der Waals surface area (Å²) in [4.78, 5) is 235. The number of aliphatic carboxylic acids is 4. The number of benzene rings is 2. The highest BCUT2D eigenvalue weighted by Gasteiger charge is 2.41. The van der Waals surface area contributed by atoms with E-state index in [1.807, 2.05) is 0 Å². The van der Waals surface area contributed by atoms with Crippen LogP contribution in [0.3, 0.4) is 0 Å². The van der Waals surface area contributed by atoms with Gasteiger partial charge in [0.2, 0.25) is 53.2 Å². The van der Waals surface area contributed by atoms with Crippen LogP contribution in [0, 0.1) is 16.7 Å². The molecule has 2 aliphatic rings. The fourth-order valence-corrected chi connectivity index (χ4v) is 14.1. The highest BCUT2D eigenvalue weighted by atomic mass is 32.1.